The number of anilines is 2. The van der Waals surface area contributed by atoms with Crippen molar-refractivity contribution in [2.45, 2.75) is 12.5 Å². The maximum Gasteiger partial charge on any atom is 0.265 e. The zero-order chi connectivity index (χ0) is 24.1. The van der Waals surface area contributed by atoms with Crippen molar-refractivity contribution in [3.05, 3.63) is 45.1 Å². The highest BCUT2D eigenvalue weighted by Gasteiger charge is 2.26. The van der Waals surface area contributed by atoms with E-state index in [1.54, 1.807) is 31.1 Å². The molecule has 3 amide bonds. The Morgan fingerprint density at radius 1 is 1.27 bits per heavy atom. The Bertz CT molecular complexity index is 1030. The second-order valence-corrected chi connectivity index (χ2v) is 9.17. The number of hydrogen-bond acceptors (Lipinski definition) is 6. The lowest BCUT2D eigenvalue weighted by molar-refractivity contribution is -0.125. The van der Waals surface area contributed by atoms with Crippen LogP contribution >= 0.6 is 22.9 Å². The molecule has 3 rings (SSSR count). The number of amides is 3. The van der Waals surface area contributed by atoms with Crippen LogP contribution in [0.4, 0.5) is 20.2 Å². The fourth-order valence-electron chi connectivity index (χ4n) is 3.24. The molecule has 2 N–H and O–H groups in total. The topological polar surface area (TPSA) is 91.0 Å². The second kappa shape index (κ2) is 11.0. The first-order valence-corrected chi connectivity index (χ1v) is 11.2. The van der Waals surface area contributed by atoms with Gasteiger partial charge >= 0.3 is 0 Å². The van der Waals surface area contributed by atoms with Gasteiger partial charge in [0.1, 0.15) is 12.6 Å². The van der Waals surface area contributed by atoms with E-state index in [1.807, 2.05) is 0 Å². The molecular formula is C21H23ClF2N4O4S. The van der Waals surface area contributed by atoms with Crippen LogP contribution in [0.5, 0.6) is 0 Å². The summed E-state index contributed by atoms with van der Waals surface area (Å²) in [5.74, 6) is -1.28. The van der Waals surface area contributed by atoms with Crippen LogP contribution in [0, 0.1) is 0 Å². The van der Waals surface area contributed by atoms with Crippen LogP contribution in [0.1, 0.15) is 21.7 Å². The number of halogens is 3. The van der Waals surface area contributed by atoms with Crippen molar-refractivity contribution in [3.63, 3.8) is 0 Å². The first-order valence-electron chi connectivity index (χ1n) is 9.98. The van der Waals surface area contributed by atoms with Gasteiger partial charge in [-0.3, -0.25) is 19.3 Å². The molecule has 2 aromatic rings. The Morgan fingerprint density at radius 3 is 2.64 bits per heavy atom. The average molecular weight is 501 g/mol. The molecule has 0 spiro atoms. The Hall–Kier alpha value is -2.60. The van der Waals surface area contributed by atoms with E-state index in [-0.39, 0.29) is 37.2 Å². The molecule has 2 heterocycles. The summed E-state index contributed by atoms with van der Waals surface area (Å²) in [5, 5.41) is 5.18. The summed E-state index contributed by atoms with van der Waals surface area (Å²) in [6.45, 7) is 0.404. The van der Waals surface area contributed by atoms with Crippen LogP contribution in [0.15, 0.2) is 30.3 Å². The van der Waals surface area contributed by atoms with Gasteiger partial charge in [-0.15, -0.1) is 11.3 Å². The quantitative estimate of drug-likeness (QED) is 0.581. The minimum absolute atomic E-state index is 0.0441. The Balaban J connectivity index is 1.73. The maximum absolute atomic E-state index is 13.8. The number of thiophene rings is 1. The number of rotatable bonds is 8. The molecule has 1 atom stereocenters. The number of carbonyl (C=O) groups is 3. The van der Waals surface area contributed by atoms with E-state index in [2.05, 4.69) is 10.6 Å². The van der Waals surface area contributed by atoms with E-state index in [0.717, 1.165) is 11.3 Å². The van der Waals surface area contributed by atoms with E-state index in [9.17, 15) is 23.2 Å². The zero-order valence-corrected chi connectivity index (χ0v) is 19.5. The number of nitrogens with zero attached hydrogens (tertiary/aromatic N) is 2. The molecule has 12 heteroatoms. The number of carbonyl (C=O) groups excluding carboxylic acids is 3. The van der Waals surface area contributed by atoms with Crippen molar-refractivity contribution in [1.29, 1.82) is 0 Å². The first kappa shape index (κ1) is 25.0. The van der Waals surface area contributed by atoms with E-state index in [4.69, 9.17) is 16.3 Å². The highest BCUT2D eigenvalue weighted by Crippen LogP contribution is 2.32. The standard InChI is InChI=1S/C21H23ClF2N4O4S/c1-27(2)15(10-25-21(31)16-5-6-17(22)33-16)20(30)26-14-4-3-12(9-13(14)19(23)24)28-7-8-32-11-18(28)29/h3-6,9,15,19H,7-8,10-11H2,1-2H3,(H,25,31)(H,26,30)/t15-/m0/s1. The summed E-state index contributed by atoms with van der Waals surface area (Å²) < 4.78 is 33.1. The lowest BCUT2D eigenvalue weighted by atomic mass is 10.1. The lowest BCUT2D eigenvalue weighted by Gasteiger charge is -2.28. The summed E-state index contributed by atoms with van der Waals surface area (Å²) in [6, 6.07) is 6.38. The number of ether oxygens (including phenoxy) is 1. The first-order chi connectivity index (χ1) is 15.7. The smallest absolute Gasteiger partial charge is 0.265 e. The summed E-state index contributed by atoms with van der Waals surface area (Å²) in [7, 11) is 3.28. The lowest BCUT2D eigenvalue weighted by Crippen LogP contribution is -2.47. The fourth-order valence-corrected chi connectivity index (χ4v) is 4.20. The minimum atomic E-state index is -2.88. The van der Waals surface area contributed by atoms with Crippen LogP contribution in [0.25, 0.3) is 0 Å². The number of nitrogens with one attached hydrogen (secondary N) is 2. The third-order valence-corrected chi connectivity index (χ3v) is 6.23. The molecule has 178 valence electrons. The number of benzene rings is 1. The molecule has 1 fully saturated rings. The highest BCUT2D eigenvalue weighted by molar-refractivity contribution is 7.18. The van der Waals surface area contributed by atoms with Crippen LogP contribution in [-0.2, 0) is 14.3 Å². The van der Waals surface area contributed by atoms with Gasteiger partial charge in [0, 0.05) is 30.0 Å². The Kier molecular flexibility index (Phi) is 8.35. The molecule has 1 saturated heterocycles. The number of alkyl halides is 2. The van der Waals surface area contributed by atoms with Gasteiger partial charge in [0.05, 0.1) is 15.8 Å². The molecule has 0 unspecified atom stereocenters. The van der Waals surface area contributed by atoms with Crippen molar-refractivity contribution in [1.82, 2.24) is 10.2 Å². The van der Waals surface area contributed by atoms with E-state index < -0.39 is 23.9 Å². The van der Waals surface area contributed by atoms with Crippen LogP contribution in [0.3, 0.4) is 0 Å². The second-order valence-electron chi connectivity index (χ2n) is 7.45. The molecular weight excluding hydrogens is 478 g/mol. The van der Waals surface area contributed by atoms with Crippen molar-refractivity contribution in [2.75, 3.05) is 50.6 Å². The Morgan fingerprint density at radius 2 is 2.03 bits per heavy atom. The molecule has 1 aliphatic rings. The van der Waals surface area contributed by atoms with Gasteiger partial charge in [-0.1, -0.05) is 11.6 Å². The Labute approximate surface area is 198 Å². The van der Waals surface area contributed by atoms with Gasteiger partial charge in [-0.25, -0.2) is 8.78 Å². The summed E-state index contributed by atoms with van der Waals surface area (Å²) >= 11 is 6.95. The average Bonchev–Trinajstić information content (AvgIpc) is 3.20. The van der Waals surface area contributed by atoms with Crippen molar-refractivity contribution >= 4 is 52.0 Å². The molecule has 0 aliphatic carbocycles. The third kappa shape index (κ3) is 6.26. The van der Waals surface area contributed by atoms with Crippen molar-refractivity contribution < 1.29 is 27.9 Å². The summed E-state index contributed by atoms with van der Waals surface area (Å²) in [4.78, 5) is 40.5. The highest BCUT2D eigenvalue weighted by atomic mass is 35.5. The van der Waals surface area contributed by atoms with Crippen LogP contribution in [-0.4, -0.2) is 69.1 Å². The van der Waals surface area contributed by atoms with E-state index in [0.29, 0.717) is 21.5 Å². The molecule has 1 aromatic heterocycles. The predicted octanol–water partition coefficient (Wildman–Crippen LogP) is 3.00. The number of morpholine rings is 1. The van der Waals surface area contributed by atoms with Crippen LogP contribution in [0.2, 0.25) is 4.34 Å². The molecule has 33 heavy (non-hydrogen) atoms. The summed E-state index contributed by atoms with van der Waals surface area (Å²) in [6.07, 6.45) is -2.88. The van der Waals surface area contributed by atoms with Gasteiger partial charge < -0.3 is 20.3 Å². The SMILES string of the molecule is CN(C)[C@@H](CNC(=O)c1ccc(Cl)s1)C(=O)Nc1ccc(N2CCOCC2=O)cc1C(F)F. The van der Waals surface area contributed by atoms with Crippen molar-refractivity contribution in [2.24, 2.45) is 0 Å². The largest absolute Gasteiger partial charge is 0.370 e. The van der Waals surface area contributed by atoms with Crippen LogP contribution < -0.4 is 15.5 Å². The monoisotopic (exact) mass is 500 g/mol. The normalized spacial score (nSPS) is 15.1. The predicted molar refractivity (Wildman–Crippen MR) is 122 cm³/mol. The van der Waals surface area contributed by atoms with E-state index >= 15 is 0 Å². The van der Waals surface area contributed by atoms with Gasteiger partial charge in [0.25, 0.3) is 18.2 Å². The van der Waals surface area contributed by atoms with Crippen molar-refractivity contribution in [3.8, 4) is 0 Å². The molecule has 0 saturated carbocycles. The van der Waals surface area contributed by atoms with Gasteiger partial charge in [-0.2, -0.15) is 0 Å². The molecule has 0 bridgehead atoms. The molecule has 1 aliphatic heterocycles. The van der Waals surface area contributed by atoms with Gasteiger partial charge in [0.2, 0.25) is 5.91 Å². The molecule has 0 radical (unpaired) electrons. The minimum Gasteiger partial charge on any atom is -0.370 e. The fraction of sp³-hybridized carbons (Fsp3) is 0.381. The molecule has 8 nitrogen and oxygen atoms in total. The van der Waals surface area contributed by atoms with Gasteiger partial charge in [-0.05, 0) is 44.4 Å². The molecule has 1 aromatic carbocycles. The maximum atomic E-state index is 13.8. The van der Waals surface area contributed by atoms with E-state index in [1.165, 1.54) is 23.1 Å². The number of hydrogen-bond donors (Lipinski definition) is 2. The third-order valence-electron chi connectivity index (χ3n) is 5.00. The van der Waals surface area contributed by atoms with Gasteiger partial charge in [0.15, 0.2) is 0 Å². The summed E-state index contributed by atoms with van der Waals surface area (Å²) in [5.41, 5.74) is -0.166. The zero-order valence-electron chi connectivity index (χ0n) is 17.9. The number of likely N-dealkylation sites (N-methyl/N-ethyl adjacent to an activating group) is 1.